The van der Waals surface area contributed by atoms with E-state index in [4.69, 9.17) is 16.3 Å². The van der Waals surface area contributed by atoms with Crippen molar-refractivity contribution in [3.63, 3.8) is 0 Å². The second kappa shape index (κ2) is 7.49. The Hall–Kier alpha value is -2.34. The molecule has 2 rings (SSSR count). The lowest BCUT2D eigenvalue weighted by Gasteiger charge is -2.09. The molecular weight excluding hydrogens is 332 g/mol. The van der Waals surface area contributed by atoms with Gasteiger partial charge >= 0.3 is 11.9 Å². The number of esters is 2. The van der Waals surface area contributed by atoms with Crippen LogP contribution in [-0.2, 0) is 18.2 Å². The van der Waals surface area contributed by atoms with E-state index < -0.39 is 11.9 Å². The number of nitrogens with zero attached hydrogens (tertiary/aromatic N) is 2. The predicted molar refractivity (Wildman–Crippen MR) is 89.7 cm³/mol. The van der Waals surface area contributed by atoms with E-state index in [-0.39, 0.29) is 11.4 Å². The van der Waals surface area contributed by atoms with E-state index in [0.717, 1.165) is 6.42 Å². The maximum Gasteiger partial charge on any atom is 0.363 e. The Balaban J connectivity index is 2.32. The molecule has 0 N–H and O–H groups in total. The third kappa shape index (κ3) is 3.59. The van der Waals surface area contributed by atoms with E-state index in [1.807, 2.05) is 6.92 Å². The predicted octanol–water partition coefficient (Wildman–Crippen LogP) is 3.34. The summed E-state index contributed by atoms with van der Waals surface area (Å²) >= 11 is 6.26. The molecule has 0 amide bonds. The maximum atomic E-state index is 12.5. The lowest BCUT2D eigenvalue weighted by molar-refractivity contribution is 0.0597. The van der Waals surface area contributed by atoms with Gasteiger partial charge in [-0.25, -0.2) is 9.59 Å². The minimum absolute atomic E-state index is 0.183. The van der Waals surface area contributed by atoms with Crippen LogP contribution < -0.4 is 4.74 Å². The largest absolute Gasteiger partial charge is 0.465 e. The Bertz CT molecular complexity index is 783. The van der Waals surface area contributed by atoms with Gasteiger partial charge in [0.15, 0.2) is 5.69 Å². The first kappa shape index (κ1) is 18.0. The van der Waals surface area contributed by atoms with E-state index in [2.05, 4.69) is 9.84 Å². The van der Waals surface area contributed by atoms with Gasteiger partial charge in [-0.15, -0.1) is 0 Å². The van der Waals surface area contributed by atoms with Gasteiger partial charge in [0.05, 0.1) is 23.4 Å². The third-order valence-electron chi connectivity index (χ3n) is 3.55. The van der Waals surface area contributed by atoms with Gasteiger partial charge in [0.2, 0.25) is 0 Å². The van der Waals surface area contributed by atoms with Crippen molar-refractivity contribution in [3.8, 4) is 5.75 Å². The lowest BCUT2D eigenvalue weighted by atomic mass is 10.1. The smallest absolute Gasteiger partial charge is 0.363 e. The molecule has 6 nitrogen and oxygen atoms in total. The Kier molecular flexibility index (Phi) is 5.62. The summed E-state index contributed by atoms with van der Waals surface area (Å²) < 4.78 is 11.5. The Morgan fingerprint density at radius 2 is 2.00 bits per heavy atom. The molecule has 0 fully saturated rings. The molecule has 0 aliphatic heterocycles. The third-order valence-corrected chi connectivity index (χ3v) is 3.94. The molecule has 2 aromatic rings. The van der Waals surface area contributed by atoms with Crippen molar-refractivity contribution in [1.29, 1.82) is 0 Å². The molecule has 7 heteroatoms. The normalized spacial score (nSPS) is 10.5. The summed E-state index contributed by atoms with van der Waals surface area (Å²) in [4.78, 5) is 24.1. The first-order chi connectivity index (χ1) is 11.4. The quantitative estimate of drug-likeness (QED) is 0.611. The van der Waals surface area contributed by atoms with Crippen LogP contribution in [0.2, 0.25) is 5.02 Å². The van der Waals surface area contributed by atoms with Crippen LogP contribution in [0.25, 0.3) is 0 Å². The molecule has 0 saturated heterocycles. The molecule has 1 aromatic heterocycles. The van der Waals surface area contributed by atoms with Crippen molar-refractivity contribution in [2.75, 3.05) is 7.11 Å². The zero-order valence-corrected chi connectivity index (χ0v) is 14.8. The molecule has 128 valence electrons. The highest BCUT2D eigenvalue weighted by atomic mass is 35.5. The highest BCUT2D eigenvalue weighted by Gasteiger charge is 2.23. The molecular formula is C17H19ClN2O4. The fraction of sp³-hybridized carbons (Fsp3) is 0.353. The monoisotopic (exact) mass is 350 g/mol. The summed E-state index contributed by atoms with van der Waals surface area (Å²) in [5.41, 5.74) is 1.85. The standard InChI is InChI=1S/C17H19ClN2O4/c1-5-6-12-14(18)15(20(3)19-12)17(22)24-13-9-11(16(21)23-4)8-7-10(13)2/h7-9H,5-6H2,1-4H3. The zero-order valence-electron chi connectivity index (χ0n) is 14.1. The Morgan fingerprint density at radius 3 is 2.62 bits per heavy atom. The van der Waals surface area contributed by atoms with E-state index in [1.165, 1.54) is 17.9 Å². The molecule has 0 unspecified atom stereocenters. The molecule has 1 aromatic carbocycles. The number of benzene rings is 1. The van der Waals surface area contributed by atoms with Crippen molar-refractivity contribution in [1.82, 2.24) is 9.78 Å². The van der Waals surface area contributed by atoms with Gasteiger partial charge in [0.1, 0.15) is 5.75 Å². The molecule has 0 atom stereocenters. The Labute approximate surface area is 145 Å². The van der Waals surface area contributed by atoms with Crippen molar-refractivity contribution < 1.29 is 19.1 Å². The molecule has 0 saturated carbocycles. The fourth-order valence-electron chi connectivity index (χ4n) is 2.28. The number of ether oxygens (including phenoxy) is 2. The second-order valence-electron chi connectivity index (χ2n) is 5.34. The van der Waals surface area contributed by atoms with Gasteiger partial charge in [0, 0.05) is 7.05 Å². The maximum absolute atomic E-state index is 12.5. The van der Waals surface area contributed by atoms with Crippen molar-refractivity contribution in [2.45, 2.75) is 26.7 Å². The fourth-order valence-corrected chi connectivity index (χ4v) is 2.61. The van der Waals surface area contributed by atoms with Crippen LogP contribution in [0, 0.1) is 6.92 Å². The summed E-state index contributed by atoms with van der Waals surface area (Å²) in [6.07, 6.45) is 1.54. The van der Waals surface area contributed by atoms with E-state index in [9.17, 15) is 9.59 Å². The summed E-state index contributed by atoms with van der Waals surface area (Å²) in [5.74, 6) is -0.851. The van der Waals surface area contributed by atoms with Gasteiger partial charge in [-0.3, -0.25) is 4.68 Å². The first-order valence-electron chi connectivity index (χ1n) is 7.51. The number of methoxy groups -OCH3 is 1. The summed E-state index contributed by atoms with van der Waals surface area (Å²) in [5, 5.41) is 4.55. The van der Waals surface area contributed by atoms with Gasteiger partial charge in [-0.2, -0.15) is 5.10 Å². The summed E-state index contributed by atoms with van der Waals surface area (Å²) in [6.45, 7) is 3.78. The highest BCUT2D eigenvalue weighted by Crippen LogP contribution is 2.25. The van der Waals surface area contributed by atoms with Crippen molar-refractivity contribution in [2.24, 2.45) is 7.05 Å². The number of carbonyl (C=O) groups is 2. The van der Waals surface area contributed by atoms with Gasteiger partial charge in [-0.05, 0) is 31.0 Å². The van der Waals surface area contributed by atoms with Crippen LogP contribution >= 0.6 is 11.6 Å². The molecule has 0 aliphatic rings. The van der Waals surface area contributed by atoms with Gasteiger partial charge in [0.25, 0.3) is 0 Å². The molecule has 24 heavy (non-hydrogen) atoms. The average Bonchev–Trinajstić information content (AvgIpc) is 2.83. The van der Waals surface area contributed by atoms with Gasteiger partial charge < -0.3 is 9.47 Å². The Morgan fingerprint density at radius 1 is 1.29 bits per heavy atom. The SMILES string of the molecule is CCCc1nn(C)c(C(=O)Oc2cc(C(=O)OC)ccc2C)c1Cl. The number of hydrogen-bond acceptors (Lipinski definition) is 5. The van der Waals surface area contributed by atoms with Crippen LogP contribution in [0.15, 0.2) is 18.2 Å². The van der Waals surface area contributed by atoms with Crippen LogP contribution in [-0.4, -0.2) is 28.8 Å². The summed E-state index contributed by atoms with van der Waals surface area (Å²) in [6, 6.07) is 4.76. The molecule has 0 bridgehead atoms. The number of rotatable bonds is 5. The molecule has 0 aliphatic carbocycles. The van der Waals surface area contributed by atoms with Crippen molar-refractivity contribution >= 4 is 23.5 Å². The summed E-state index contributed by atoms with van der Waals surface area (Å²) in [7, 11) is 2.93. The van der Waals surface area contributed by atoms with Crippen LogP contribution in [0.1, 0.15) is 45.4 Å². The number of aromatic nitrogens is 2. The average molecular weight is 351 g/mol. The van der Waals surface area contributed by atoms with Crippen LogP contribution in [0.4, 0.5) is 0 Å². The van der Waals surface area contributed by atoms with Crippen LogP contribution in [0.5, 0.6) is 5.75 Å². The second-order valence-corrected chi connectivity index (χ2v) is 5.72. The number of halogens is 1. The minimum Gasteiger partial charge on any atom is -0.465 e. The highest BCUT2D eigenvalue weighted by molar-refractivity contribution is 6.34. The molecule has 0 spiro atoms. The molecule has 1 heterocycles. The number of carbonyl (C=O) groups excluding carboxylic acids is 2. The number of aryl methyl sites for hydroxylation is 3. The topological polar surface area (TPSA) is 70.4 Å². The first-order valence-corrected chi connectivity index (χ1v) is 7.89. The molecule has 0 radical (unpaired) electrons. The van der Waals surface area contributed by atoms with E-state index >= 15 is 0 Å². The van der Waals surface area contributed by atoms with Crippen LogP contribution in [0.3, 0.4) is 0 Å². The number of hydrogen-bond donors (Lipinski definition) is 0. The van der Waals surface area contributed by atoms with E-state index in [1.54, 1.807) is 26.1 Å². The van der Waals surface area contributed by atoms with Gasteiger partial charge in [-0.1, -0.05) is 31.0 Å². The van der Waals surface area contributed by atoms with E-state index in [0.29, 0.717) is 28.3 Å². The minimum atomic E-state index is -0.623. The zero-order chi connectivity index (χ0) is 17.9. The van der Waals surface area contributed by atoms with Crippen molar-refractivity contribution in [3.05, 3.63) is 45.7 Å². The lowest BCUT2D eigenvalue weighted by Crippen LogP contribution is -2.15.